The highest BCUT2D eigenvalue weighted by molar-refractivity contribution is 5.70. The zero-order valence-electron chi connectivity index (χ0n) is 12.9. The van der Waals surface area contributed by atoms with E-state index in [1.165, 1.54) is 6.07 Å². The number of nitrogens with zero attached hydrogens (tertiary/aromatic N) is 1. The van der Waals surface area contributed by atoms with E-state index < -0.39 is 17.6 Å². The van der Waals surface area contributed by atoms with Crippen molar-refractivity contribution in [2.24, 2.45) is 5.92 Å². The summed E-state index contributed by atoms with van der Waals surface area (Å²) in [4.78, 5) is 13.1. The van der Waals surface area contributed by atoms with Gasteiger partial charge in [0.25, 0.3) is 0 Å². The fourth-order valence-electron chi connectivity index (χ4n) is 2.82. The van der Waals surface area contributed by atoms with Crippen molar-refractivity contribution in [2.75, 3.05) is 13.1 Å². The van der Waals surface area contributed by atoms with Crippen LogP contribution in [0.15, 0.2) is 42.5 Å². The van der Waals surface area contributed by atoms with Gasteiger partial charge in [0.05, 0.1) is 5.92 Å². The molecule has 1 fully saturated rings. The second-order valence-electron chi connectivity index (χ2n) is 5.88. The van der Waals surface area contributed by atoms with Gasteiger partial charge in [0.15, 0.2) is 11.6 Å². The third-order valence-corrected chi connectivity index (χ3v) is 4.05. The summed E-state index contributed by atoms with van der Waals surface area (Å²) in [5.74, 6) is -2.20. The Bertz CT molecular complexity index is 751. The molecule has 126 valence electrons. The molecule has 2 aromatic rings. The molecule has 1 heterocycles. The molecule has 1 aliphatic rings. The number of ether oxygens (including phenoxy) is 1. The Labute approximate surface area is 138 Å². The monoisotopic (exact) mass is 333 g/mol. The third kappa shape index (κ3) is 3.89. The summed E-state index contributed by atoms with van der Waals surface area (Å²) in [7, 11) is 0. The largest absolute Gasteiger partial charge is 0.481 e. The lowest BCUT2D eigenvalue weighted by Gasteiger charge is -2.16. The molecule has 1 N–H and O–H groups in total. The maximum Gasteiger partial charge on any atom is 0.307 e. The number of benzene rings is 2. The first-order valence-corrected chi connectivity index (χ1v) is 7.68. The molecule has 6 heteroatoms. The maximum atomic E-state index is 13.2. The van der Waals surface area contributed by atoms with Gasteiger partial charge in [0.1, 0.15) is 11.5 Å². The lowest BCUT2D eigenvalue weighted by atomic mass is 10.1. The first-order valence-electron chi connectivity index (χ1n) is 7.68. The molecule has 1 unspecified atom stereocenters. The van der Waals surface area contributed by atoms with Crippen molar-refractivity contribution in [2.45, 2.75) is 13.0 Å². The summed E-state index contributed by atoms with van der Waals surface area (Å²) >= 11 is 0. The zero-order valence-corrected chi connectivity index (χ0v) is 12.9. The van der Waals surface area contributed by atoms with Gasteiger partial charge in [-0.05, 0) is 42.8 Å². The minimum atomic E-state index is -0.958. The number of carboxylic acid groups (broad SMARTS) is 1. The Morgan fingerprint density at radius 3 is 2.67 bits per heavy atom. The molecule has 4 nitrogen and oxygen atoms in total. The molecule has 0 radical (unpaired) electrons. The molecule has 0 aromatic heterocycles. The van der Waals surface area contributed by atoms with Gasteiger partial charge >= 0.3 is 5.97 Å². The van der Waals surface area contributed by atoms with Crippen molar-refractivity contribution >= 4 is 5.97 Å². The Morgan fingerprint density at radius 1 is 1.17 bits per heavy atom. The number of halogens is 2. The Morgan fingerprint density at radius 2 is 1.96 bits per heavy atom. The fourth-order valence-corrected chi connectivity index (χ4v) is 2.82. The highest BCUT2D eigenvalue weighted by Gasteiger charge is 2.27. The number of carbonyl (C=O) groups is 1. The minimum absolute atomic E-state index is 0.221. The Kier molecular flexibility index (Phi) is 4.76. The molecule has 1 aliphatic heterocycles. The maximum absolute atomic E-state index is 13.2. The molecule has 2 aromatic carbocycles. The van der Waals surface area contributed by atoms with Gasteiger partial charge in [-0.2, -0.15) is 0 Å². The van der Waals surface area contributed by atoms with Crippen LogP contribution in [0.2, 0.25) is 0 Å². The minimum Gasteiger partial charge on any atom is -0.481 e. The van der Waals surface area contributed by atoms with Crippen LogP contribution in [0.4, 0.5) is 8.78 Å². The molecule has 0 amide bonds. The number of hydrogen-bond acceptors (Lipinski definition) is 3. The zero-order chi connectivity index (χ0) is 17.1. The molecule has 0 saturated carbocycles. The number of carboxylic acids is 1. The lowest BCUT2D eigenvalue weighted by molar-refractivity contribution is -0.141. The van der Waals surface area contributed by atoms with Crippen LogP contribution in [-0.4, -0.2) is 29.1 Å². The third-order valence-electron chi connectivity index (χ3n) is 4.05. The summed E-state index contributed by atoms with van der Waals surface area (Å²) < 4.78 is 31.7. The van der Waals surface area contributed by atoms with Crippen LogP contribution in [-0.2, 0) is 11.3 Å². The second kappa shape index (κ2) is 6.97. The number of hydrogen-bond donors (Lipinski definition) is 1. The van der Waals surface area contributed by atoms with Gasteiger partial charge in [-0.25, -0.2) is 8.78 Å². The molecule has 0 bridgehead atoms. The van der Waals surface area contributed by atoms with Crippen LogP contribution in [0.25, 0.3) is 0 Å². The molecular formula is C18H17F2NO3. The summed E-state index contributed by atoms with van der Waals surface area (Å²) in [6.07, 6.45) is 0.653. The molecular weight excluding hydrogens is 316 g/mol. The van der Waals surface area contributed by atoms with Crippen LogP contribution >= 0.6 is 0 Å². The lowest BCUT2D eigenvalue weighted by Crippen LogP contribution is -2.22. The van der Waals surface area contributed by atoms with Crippen molar-refractivity contribution in [3.05, 3.63) is 59.7 Å². The molecule has 0 spiro atoms. The van der Waals surface area contributed by atoms with E-state index in [1.54, 1.807) is 6.07 Å². The highest BCUT2D eigenvalue weighted by Crippen LogP contribution is 2.25. The van der Waals surface area contributed by atoms with E-state index in [0.29, 0.717) is 25.3 Å². The summed E-state index contributed by atoms with van der Waals surface area (Å²) in [5.41, 5.74) is 0.973. The highest BCUT2D eigenvalue weighted by atomic mass is 19.2. The first kappa shape index (κ1) is 16.4. The van der Waals surface area contributed by atoms with Crippen LogP contribution in [0.5, 0.6) is 11.5 Å². The van der Waals surface area contributed by atoms with Gasteiger partial charge in [-0.15, -0.1) is 0 Å². The SMILES string of the molecule is O=C(O)C1CCN(Cc2cccc(Oc3ccc(F)c(F)c3)c2)C1. The van der Waals surface area contributed by atoms with Crippen molar-refractivity contribution in [1.82, 2.24) is 4.90 Å². The number of rotatable bonds is 5. The average Bonchev–Trinajstić information content (AvgIpc) is 3.00. The number of aliphatic carboxylic acids is 1. The smallest absolute Gasteiger partial charge is 0.307 e. The van der Waals surface area contributed by atoms with E-state index in [9.17, 15) is 13.6 Å². The van der Waals surface area contributed by atoms with E-state index in [2.05, 4.69) is 4.90 Å². The van der Waals surface area contributed by atoms with E-state index in [4.69, 9.17) is 9.84 Å². The Balaban J connectivity index is 1.66. The van der Waals surface area contributed by atoms with E-state index in [-0.39, 0.29) is 11.7 Å². The van der Waals surface area contributed by atoms with Crippen molar-refractivity contribution in [3.63, 3.8) is 0 Å². The van der Waals surface area contributed by atoms with Crippen molar-refractivity contribution in [1.29, 1.82) is 0 Å². The second-order valence-corrected chi connectivity index (χ2v) is 5.88. The normalized spacial score (nSPS) is 17.8. The van der Waals surface area contributed by atoms with Gasteiger partial charge in [0, 0.05) is 19.2 Å². The van der Waals surface area contributed by atoms with Crippen molar-refractivity contribution in [3.8, 4) is 11.5 Å². The quantitative estimate of drug-likeness (QED) is 0.907. The van der Waals surface area contributed by atoms with Gasteiger partial charge in [-0.1, -0.05) is 12.1 Å². The van der Waals surface area contributed by atoms with Crippen LogP contribution in [0.1, 0.15) is 12.0 Å². The predicted molar refractivity (Wildman–Crippen MR) is 83.9 cm³/mol. The summed E-state index contributed by atoms with van der Waals surface area (Å²) in [6.45, 7) is 1.90. The molecule has 1 saturated heterocycles. The van der Waals surface area contributed by atoms with Crippen LogP contribution < -0.4 is 4.74 Å². The first-order chi connectivity index (χ1) is 11.5. The van der Waals surface area contributed by atoms with Gasteiger partial charge < -0.3 is 9.84 Å². The van der Waals surface area contributed by atoms with E-state index in [1.807, 2.05) is 18.2 Å². The standard InChI is InChI=1S/C18H17F2NO3/c19-16-5-4-15(9-17(16)20)24-14-3-1-2-12(8-14)10-21-7-6-13(11-21)18(22)23/h1-5,8-9,13H,6-7,10-11H2,(H,22,23). The molecule has 24 heavy (non-hydrogen) atoms. The van der Waals surface area contributed by atoms with Gasteiger partial charge in [0.2, 0.25) is 0 Å². The van der Waals surface area contributed by atoms with Crippen LogP contribution in [0.3, 0.4) is 0 Å². The summed E-state index contributed by atoms with van der Waals surface area (Å²) in [6, 6.07) is 10.7. The predicted octanol–water partition coefficient (Wildman–Crippen LogP) is 3.66. The van der Waals surface area contributed by atoms with Gasteiger partial charge in [-0.3, -0.25) is 9.69 Å². The van der Waals surface area contributed by atoms with Crippen molar-refractivity contribution < 1.29 is 23.4 Å². The van der Waals surface area contributed by atoms with E-state index >= 15 is 0 Å². The van der Waals surface area contributed by atoms with Crippen LogP contribution in [0, 0.1) is 17.6 Å². The topological polar surface area (TPSA) is 49.8 Å². The summed E-state index contributed by atoms with van der Waals surface area (Å²) in [5, 5.41) is 9.04. The molecule has 0 aliphatic carbocycles. The Hall–Kier alpha value is -2.47. The molecule has 1 atom stereocenters. The average molecular weight is 333 g/mol. The van der Waals surface area contributed by atoms with E-state index in [0.717, 1.165) is 24.2 Å². The number of likely N-dealkylation sites (tertiary alicyclic amines) is 1. The molecule has 3 rings (SSSR count). The fraction of sp³-hybridized carbons (Fsp3) is 0.278.